The van der Waals surface area contributed by atoms with Crippen LogP contribution in [-0.4, -0.2) is 10.9 Å². The highest BCUT2D eigenvalue weighted by molar-refractivity contribution is 5.89. The maximum atomic E-state index is 11.1. The van der Waals surface area contributed by atoms with Crippen molar-refractivity contribution in [3.8, 4) is 0 Å². The second-order valence-electron chi connectivity index (χ2n) is 4.20. The fraction of sp³-hybridized carbons (Fsp3) is 0.200. The van der Waals surface area contributed by atoms with Crippen molar-refractivity contribution in [3.05, 3.63) is 59.9 Å². The average Bonchev–Trinajstić information content (AvgIpc) is 2.38. The maximum absolute atomic E-state index is 11.1. The average molecular weight is 240 g/mol. The highest BCUT2D eigenvalue weighted by Crippen LogP contribution is 2.16. The molecule has 0 aliphatic rings. The van der Waals surface area contributed by atoms with E-state index in [2.05, 4.69) is 22.4 Å². The zero-order chi connectivity index (χ0) is 12.8. The molecule has 0 saturated heterocycles. The van der Waals surface area contributed by atoms with Crippen molar-refractivity contribution >= 4 is 11.6 Å². The van der Waals surface area contributed by atoms with Gasteiger partial charge in [-0.05, 0) is 30.0 Å². The van der Waals surface area contributed by atoms with Gasteiger partial charge in [-0.25, -0.2) is 0 Å². The molecule has 3 nitrogen and oxygen atoms in total. The summed E-state index contributed by atoms with van der Waals surface area (Å²) >= 11 is 0. The van der Waals surface area contributed by atoms with Crippen LogP contribution in [0.25, 0.3) is 0 Å². The van der Waals surface area contributed by atoms with Gasteiger partial charge in [0.15, 0.2) is 0 Å². The van der Waals surface area contributed by atoms with Crippen molar-refractivity contribution in [1.29, 1.82) is 0 Å². The van der Waals surface area contributed by atoms with Crippen LogP contribution in [0.15, 0.2) is 48.8 Å². The number of aryl methyl sites for hydroxylation is 2. The number of nitrogens with zero attached hydrogens (tertiary/aromatic N) is 1. The van der Waals surface area contributed by atoms with Gasteiger partial charge in [-0.2, -0.15) is 0 Å². The van der Waals surface area contributed by atoms with E-state index in [9.17, 15) is 4.79 Å². The molecule has 2 rings (SSSR count). The van der Waals surface area contributed by atoms with Crippen LogP contribution in [0.2, 0.25) is 0 Å². The van der Waals surface area contributed by atoms with Crippen LogP contribution in [0.3, 0.4) is 0 Å². The Balaban J connectivity index is 2.07. The van der Waals surface area contributed by atoms with Gasteiger partial charge in [0.1, 0.15) is 0 Å². The molecule has 0 fully saturated rings. The lowest BCUT2D eigenvalue weighted by Crippen LogP contribution is -2.08. The predicted octanol–water partition coefficient (Wildman–Crippen LogP) is 2.83. The van der Waals surface area contributed by atoms with Crippen LogP contribution in [-0.2, 0) is 17.6 Å². The number of benzene rings is 1. The molecule has 1 amide bonds. The fourth-order valence-electron chi connectivity index (χ4n) is 1.86. The van der Waals surface area contributed by atoms with Gasteiger partial charge in [0, 0.05) is 25.0 Å². The van der Waals surface area contributed by atoms with Gasteiger partial charge < -0.3 is 5.32 Å². The Hall–Kier alpha value is -2.16. The zero-order valence-electron chi connectivity index (χ0n) is 10.4. The predicted molar refractivity (Wildman–Crippen MR) is 72.4 cm³/mol. The van der Waals surface area contributed by atoms with Crippen LogP contribution in [0.5, 0.6) is 0 Å². The Kier molecular flexibility index (Phi) is 4.07. The number of pyridine rings is 1. The number of carbonyl (C=O) groups is 1. The second kappa shape index (κ2) is 5.96. The van der Waals surface area contributed by atoms with Gasteiger partial charge >= 0.3 is 0 Å². The van der Waals surface area contributed by atoms with Crippen molar-refractivity contribution in [2.45, 2.75) is 19.8 Å². The molecule has 0 saturated carbocycles. The van der Waals surface area contributed by atoms with Gasteiger partial charge in [-0.1, -0.05) is 30.3 Å². The van der Waals surface area contributed by atoms with E-state index >= 15 is 0 Å². The van der Waals surface area contributed by atoms with E-state index in [1.165, 1.54) is 12.5 Å². The van der Waals surface area contributed by atoms with Gasteiger partial charge in [0.25, 0.3) is 0 Å². The van der Waals surface area contributed by atoms with Gasteiger partial charge in [-0.15, -0.1) is 0 Å². The smallest absolute Gasteiger partial charge is 0.221 e. The molecule has 0 unspecified atom stereocenters. The van der Waals surface area contributed by atoms with E-state index in [1.54, 1.807) is 6.20 Å². The number of amides is 1. The summed E-state index contributed by atoms with van der Waals surface area (Å²) in [6, 6.07) is 12.1. The lowest BCUT2D eigenvalue weighted by molar-refractivity contribution is -0.114. The highest BCUT2D eigenvalue weighted by atomic mass is 16.1. The van der Waals surface area contributed by atoms with Gasteiger partial charge in [-0.3, -0.25) is 9.78 Å². The molecule has 0 bridgehead atoms. The molecule has 3 heteroatoms. The molecule has 92 valence electrons. The number of rotatable bonds is 4. The minimum atomic E-state index is -0.0536. The third-order valence-corrected chi connectivity index (χ3v) is 2.74. The van der Waals surface area contributed by atoms with E-state index in [-0.39, 0.29) is 5.91 Å². The van der Waals surface area contributed by atoms with Crippen LogP contribution in [0.1, 0.15) is 18.1 Å². The number of hydrogen-bond donors (Lipinski definition) is 1. The standard InChI is InChI=1S/C15H16N2O/c1-12(18)17-15-9-10-16-11-14(15)8-7-13-5-3-2-4-6-13/h2-6,9-11H,7-8H2,1H3,(H,16,17,18). The number of hydrogen-bond acceptors (Lipinski definition) is 2. The van der Waals surface area contributed by atoms with E-state index in [0.29, 0.717) is 0 Å². The molecule has 0 atom stereocenters. The van der Waals surface area contributed by atoms with Crippen molar-refractivity contribution < 1.29 is 4.79 Å². The first-order chi connectivity index (χ1) is 8.75. The summed E-state index contributed by atoms with van der Waals surface area (Å²) in [5.74, 6) is -0.0536. The van der Waals surface area contributed by atoms with Crippen molar-refractivity contribution in [2.75, 3.05) is 5.32 Å². The third-order valence-electron chi connectivity index (χ3n) is 2.74. The Bertz CT molecular complexity index is 523. The summed E-state index contributed by atoms with van der Waals surface area (Å²) < 4.78 is 0. The van der Waals surface area contributed by atoms with Crippen molar-refractivity contribution in [1.82, 2.24) is 4.98 Å². The minimum absolute atomic E-state index is 0.0536. The van der Waals surface area contributed by atoms with Gasteiger partial charge in [0.05, 0.1) is 0 Å². The number of carbonyl (C=O) groups excluding carboxylic acids is 1. The van der Waals surface area contributed by atoms with E-state index < -0.39 is 0 Å². The first kappa shape index (κ1) is 12.3. The Labute approximate surface area is 107 Å². The molecule has 18 heavy (non-hydrogen) atoms. The molecule has 2 aromatic rings. The van der Waals surface area contributed by atoms with Crippen LogP contribution in [0.4, 0.5) is 5.69 Å². The monoisotopic (exact) mass is 240 g/mol. The molecule has 0 radical (unpaired) electrons. The molecular weight excluding hydrogens is 224 g/mol. The first-order valence-corrected chi connectivity index (χ1v) is 6.00. The topological polar surface area (TPSA) is 42.0 Å². The highest BCUT2D eigenvalue weighted by Gasteiger charge is 2.04. The second-order valence-corrected chi connectivity index (χ2v) is 4.20. The molecule has 1 aromatic heterocycles. The molecular formula is C15H16N2O. The molecule has 1 N–H and O–H groups in total. The van der Waals surface area contributed by atoms with E-state index in [4.69, 9.17) is 0 Å². The summed E-state index contributed by atoms with van der Waals surface area (Å²) in [4.78, 5) is 15.2. The molecule has 0 aliphatic carbocycles. The summed E-state index contributed by atoms with van der Waals surface area (Å²) in [6.45, 7) is 1.52. The normalized spacial score (nSPS) is 10.1. The minimum Gasteiger partial charge on any atom is -0.326 e. The largest absolute Gasteiger partial charge is 0.326 e. The molecule has 0 aliphatic heterocycles. The lowest BCUT2D eigenvalue weighted by atomic mass is 10.0. The van der Waals surface area contributed by atoms with E-state index in [0.717, 1.165) is 24.1 Å². The molecule has 0 spiro atoms. The number of aromatic nitrogens is 1. The van der Waals surface area contributed by atoms with E-state index in [1.807, 2.05) is 30.5 Å². The Morgan fingerprint density at radius 2 is 1.94 bits per heavy atom. The van der Waals surface area contributed by atoms with Gasteiger partial charge in [0.2, 0.25) is 5.91 Å². The summed E-state index contributed by atoms with van der Waals surface area (Å²) in [5.41, 5.74) is 3.21. The first-order valence-electron chi connectivity index (χ1n) is 6.00. The Morgan fingerprint density at radius 1 is 1.17 bits per heavy atom. The van der Waals surface area contributed by atoms with Crippen molar-refractivity contribution in [2.24, 2.45) is 0 Å². The summed E-state index contributed by atoms with van der Waals surface area (Å²) in [5, 5.41) is 2.83. The quantitative estimate of drug-likeness (QED) is 0.892. The third kappa shape index (κ3) is 3.42. The maximum Gasteiger partial charge on any atom is 0.221 e. The molecule has 1 heterocycles. The van der Waals surface area contributed by atoms with Crippen LogP contribution < -0.4 is 5.32 Å². The molecule has 1 aromatic carbocycles. The fourth-order valence-corrected chi connectivity index (χ4v) is 1.86. The van der Waals surface area contributed by atoms with Crippen LogP contribution >= 0.6 is 0 Å². The lowest BCUT2D eigenvalue weighted by Gasteiger charge is -2.09. The number of anilines is 1. The number of nitrogens with one attached hydrogen (secondary N) is 1. The Morgan fingerprint density at radius 3 is 2.67 bits per heavy atom. The summed E-state index contributed by atoms with van der Waals surface area (Å²) in [6.07, 6.45) is 5.32. The zero-order valence-corrected chi connectivity index (χ0v) is 10.4. The van der Waals surface area contributed by atoms with Crippen molar-refractivity contribution in [3.63, 3.8) is 0 Å². The SMILES string of the molecule is CC(=O)Nc1ccncc1CCc1ccccc1. The summed E-state index contributed by atoms with van der Waals surface area (Å²) in [7, 11) is 0. The van der Waals surface area contributed by atoms with Crippen LogP contribution in [0, 0.1) is 0 Å².